The van der Waals surface area contributed by atoms with Crippen molar-refractivity contribution in [3.8, 4) is 0 Å². The van der Waals surface area contributed by atoms with Gasteiger partial charge in [-0.05, 0) is 51.8 Å². The molecule has 0 saturated carbocycles. The van der Waals surface area contributed by atoms with Crippen LogP contribution in [0.3, 0.4) is 0 Å². The van der Waals surface area contributed by atoms with Crippen molar-refractivity contribution >= 4 is 17.6 Å². The number of nitrogens with one attached hydrogen (secondary N) is 1. The lowest BCUT2D eigenvalue weighted by atomic mass is 9.92. The van der Waals surface area contributed by atoms with Crippen molar-refractivity contribution in [2.45, 2.75) is 72.8 Å². The molecule has 2 amide bonds. The number of aromatic nitrogens is 2. The Hall–Kier alpha value is -2.63. The summed E-state index contributed by atoms with van der Waals surface area (Å²) in [6.45, 7) is 16.8. The molecule has 0 unspecified atom stereocenters. The average Bonchev–Trinajstić information content (AvgIpc) is 3.10. The van der Waals surface area contributed by atoms with E-state index in [-0.39, 0.29) is 29.3 Å². The molecule has 2 rings (SSSR count). The van der Waals surface area contributed by atoms with E-state index < -0.39 is 0 Å². The standard InChI is InChI=1S/C24H36N4O2/c1-9-17-11-13-18(14-12-17)22(30)27(10-2)16-21(29)25-20-15-19(23(3,4)5)26-28(20)24(6,7)8/h11-15H,9-10,16H2,1-8H3,(H,25,29). The Kier molecular flexibility index (Phi) is 7.11. The van der Waals surface area contributed by atoms with E-state index in [1.54, 1.807) is 4.90 Å². The highest BCUT2D eigenvalue weighted by atomic mass is 16.2. The predicted molar refractivity (Wildman–Crippen MR) is 122 cm³/mol. The Labute approximate surface area is 180 Å². The molecule has 0 saturated heterocycles. The van der Waals surface area contributed by atoms with Crippen LogP contribution in [0.15, 0.2) is 30.3 Å². The van der Waals surface area contributed by atoms with Crippen LogP contribution < -0.4 is 5.32 Å². The average molecular weight is 413 g/mol. The summed E-state index contributed by atoms with van der Waals surface area (Å²) >= 11 is 0. The summed E-state index contributed by atoms with van der Waals surface area (Å²) in [5.41, 5.74) is 2.26. The van der Waals surface area contributed by atoms with E-state index in [4.69, 9.17) is 5.10 Å². The van der Waals surface area contributed by atoms with Gasteiger partial charge >= 0.3 is 0 Å². The summed E-state index contributed by atoms with van der Waals surface area (Å²) in [5, 5.41) is 7.69. The zero-order valence-corrected chi connectivity index (χ0v) is 19.7. The van der Waals surface area contributed by atoms with Crippen LogP contribution in [0.5, 0.6) is 0 Å². The number of aryl methyl sites for hydroxylation is 1. The molecule has 2 aromatic rings. The summed E-state index contributed by atoms with van der Waals surface area (Å²) in [5.74, 6) is 0.268. The van der Waals surface area contributed by atoms with E-state index in [0.29, 0.717) is 17.9 Å². The summed E-state index contributed by atoms with van der Waals surface area (Å²) < 4.78 is 1.84. The third-order valence-electron chi connectivity index (χ3n) is 4.99. The number of carbonyl (C=O) groups excluding carboxylic acids is 2. The predicted octanol–water partition coefficient (Wildman–Crippen LogP) is 4.60. The number of benzene rings is 1. The minimum absolute atomic E-state index is 0.00889. The van der Waals surface area contributed by atoms with Crippen LogP contribution in [0.25, 0.3) is 0 Å². The third kappa shape index (κ3) is 5.71. The number of amides is 2. The number of carbonyl (C=O) groups is 2. The van der Waals surface area contributed by atoms with E-state index >= 15 is 0 Å². The van der Waals surface area contributed by atoms with Crippen LogP contribution in [0, 0.1) is 0 Å². The van der Waals surface area contributed by atoms with E-state index in [9.17, 15) is 9.59 Å². The van der Waals surface area contributed by atoms with E-state index in [0.717, 1.165) is 12.1 Å². The molecule has 0 fully saturated rings. The van der Waals surface area contributed by atoms with Crippen LogP contribution >= 0.6 is 0 Å². The number of anilines is 1. The maximum absolute atomic E-state index is 12.9. The highest BCUT2D eigenvalue weighted by Gasteiger charge is 2.26. The minimum atomic E-state index is -0.284. The number of likely N-dealkylation sites (N-methyl/N-ethyl adjacent to an activating group) is 1. The quantitative estimate of drug-likeness (QED) is 0.754. The van der Waals surface area contributed by atoms with E-state index in [1.807, 2.05) is 62.7 Å². The van der Waals surface area contributed by atoms with Gasteiger partial charge in [0.05, 0.1) is 11.2 Å². The van der Waals surface area contributed by atoms with Gasteiger partial charge in [-0.15, -0.1) is 0 Å². The van der Waals surface area contributed by atoms with Gasteiger partial charge in [0.1, 0.15) is 12.4 Å². The van der Waals surface area contributed by atoms with E-state index in [1.165, 1.54) is 5.56 Å². The normalized spacial score (nSPS) is 12.0. The first-order valence-corrected chi connectivity index (χ1v) is 10.7. The lowest BCUT2D eigenvalue weighted by Crippen LogP contribution is -2.38. The van der Waals surface area contributed by atoms with Crippen LogP contribution in [0.4, 0.5) is 5.82 Å². The topological polar surface area (TPSA) is 67.2 Å². The van der Waals surface area contributed by atoms with Crippen molar-refractivity contribution in [1.82, 2.24) is 14.7 Å². The van der Waals surface area contributed by atoms with Crippen molar-refractivity contribution in [1.29, 1.82) is 0 Å². The molecule has 1 aromatic heterocycles. The van der Waals surface area contributed by atoms with Crippen molar-refractivity contribution < 1.29 is 9.59 Å². The van der Waals surface area contributed by atoms with Crippen LogP contribution in [0.1, 0.15) is 77.0 Å². The monoisotopic (exact) mass is 412 g/mol. The van der Waals surface area contributed by atoms with E-state index in [2.05, 4.69) is 33.0 Å². The largest absolute Gasteiger partial charge is 0.330 e. The Morgan fingerprint density at radius 3 is 2.10 bits per heavy atom. The number of rotatable bonds is 6. The fourth-order valence-corrected chi connectivity index (χ4v) is 3.10. The van der Waals surface area contributed by atoms with Crippen LogP contribution in [-0.2, 0) is 22.2 Å². The fourth-order valence-electron chi connectivity index (χ4n) is 3.10. The van der Waals surface area contributed by atoms with Crippen molar-refractivity contribution in [2.75, 3.05) is 18.4 Å². The second kappa shape index (κ2) is 9.02. The number of hydrogen-bond donors (Lipinski definition) is 1. The Balaban J connectivity index is 2.18. The zero-order chi connectivity index (χ0) is 22.7. The molecular formula is C24H36N4O2. The van der Waals surface area contributed by atoms with Gasteiger partial charge in [0.25, 0.3) is 5.91 Å². The molecule has 0 aliphatic rings. The van der Waals surface area contributed by atoms with Crippen molar-refractivity contribution in [2.24, 2.45) is 0 Å². The molecular weight excluding hydrogens is 376 g/mol. The Morgan fingerprint density at radius 1 is 1.03 bits per heavy atom. The van der Waals surface area contributed by atoms with Crippen molar-refractivity contribution in [3.63, 3.8) is 0 Å². The summed E-state index contributed by atoms with van der Waals surface area (Å²) in [7, 11) is 0. The Bertz CT molecular complexity index is 883. The van der Waals surface area contributed by atoms with Gasteiger partial charge in [-0.1, -0.05) is 39.8 Å². The second-order valence-corrected chi connectivity index (χ2v) is 9.67. The highest BCUT2D eigenvalue weighted by Crippen LogP contribution is 2.28. The molecule has 0 spiro atoms. The lowest BCUT2D eigenvalue weighted by molar-refractivity contribution is -0.116. The second-order valence-electron chi connectivity index (χ2n) is 9.67. The smallest absolute Gasteiger partial charge is 0.254 e. The molecule has 1 heterocycles. The summed E-state index contributed by atoms with van der Waals surface area (Å²) in [4.78, 5) is 27.2. The Morgan fingerprint density at radius 2 is 1.63 bits per heavy atom. The molecule has 0 bridgehead atoms. The first-order valence-electron chi connectivity index (χ1n) is 10.7. The number of hydrogen-bond acceptors (Lipinski definition) is 3. The zero-order valence-electron chi connectivity index (χ0n) is 19.7. The van der Waals surface area contributed by atoms with Gasteiger partial charge in [-0.25, -0.2) is 4.68 Å². The van der Waals surface area contributed by atoms with Gasteiger partial charge in [0.2, 0.25) is 5.91 Å². The molecule has 164 valence electrons. The molecule has 1 aromatic carbocycles. The molecule has 30 heavy (non-hydrogen) atoms. The molecule has 0 aliphatic heterocycles. The lowest BCUT2D eigenvalue weighted by Gasteiger charge is -2.24. The molecule has 1 N–H and O–H groups in total. The molecule has 6 heteroatoms. The SMILES string of the molecule is CCc1ccc(C(=O)N(CC)CC(=O)Nc2cc(C(C)(C)C)nn2C(C)(C)C)cc1. The van der Waals surface area contributed by atoms with Crippen LogP contribution in [-0.4, -0.2) is 39.6 Å². The third-order valence-corrected chi connectivity index (χ3v) is 4.99. The first kappa shape index (κ1) is 23.6. The molecule has 0 aliphatic carbocycles. The van der Waals surface area contributed by atoms with Crippen molar-refractivity contribution in [3.05, 3.63) is 47.2 Å². The molecule has 0 radical (unpaired) electrons. The van der Waals surface area contributed by atoms with Gasteiger partial charge < -0.3 is 10.2 Å². The summed E-state index contributed by atoms with van der Waals surface area (Å²) in [6, 6.07) is 9.48. The minimum Gasteiger partial charge on any atom is -0.330 e. The fraction of sp³-hybridized carbons (Fsp3) is 0.542. The van der Waals surface area contributed by atoms with Gasteiger partial charge in [-0.2, -0.15) is 5.10 Å². The highest BCUT2D eigenvalue weighted by molar-refractivity contribution is 5.99. The maximum Gasteiger partial charge on any atom is 0.254 e. The van der Waals surface area contributed by atoms with Crippen LogP contribution in [0.2, 0.25) is 0 Å². The van der Waals surface area contributed by atoms with Gasteiger partial charge in [-0.3, -0.25) is 9.59 Å². The maximum atomic E-state index is 12.9. The number of nitrogens with zero attached hydrogens (tertiary/aromatic N) is 3. The molecule has 0 atom stereocenters. The molecule has 6 nitrogen and oxygen atoms in total. The van der Waals surface area contributed by atoms with Gasteiger partial charge in [0, 0.05) is 23.6 Å². The summed E-state index contributed by atoms with van der Waals surface area (Å²) in [6.07, 6.45) is 0.923. The van der Waals surface area contributed by atoms with Gasteiger partial charge in [0.15, 0.2) is 0 Å². The first-order chi connectivity index (χ1) is 13.9.